The van der Waals surface area contributed by atoms with E-state index in [0.29, 0.717) is 18.9 Å². The highest BCUT2D eigenvalue weighted by Crippen LogP contribution is 2.46. The van der Waals surface area contributed by atoms with Crippen LogP contribution in [0.4, 0.5) is 14.5 Å². The molecule has 2 N–H and O–H groups in total. The molecule has 0 spiro atoms. The Morgan fingerprint density at radius 2 is 1.87 bits per heavy atom. The topological polar surface area (TPSA) is 69.2 Å². The van der Waals surface area contributed by atoms with Crippen LogP contribution in [0.15, 0.2) is 12.1 Å². The molecule has 0 atom stereocenters. The van der Waals surface area contributed by atoms with Crippen LogP contribution >= 0.6 is 0 Å². The predicted octanol–water partition coefficient (Wildman–Crippen LogP) is 1.82. The highest BCUT2D eigenvalue weighted by Gasteiger charge is 2.45. The third kappa shape index (κ3) is 1.56. The molecule has 0 bridgehead atoms. The molecule has 1 saturated carbocycles. The highest BCUT2D eigenvalue weighted by atomic mass is 19.2. The fourth-order valence-electron chi connectivity index (χ4n) is 1.49. The van der Waals surface area contributed by atoms with Crippen molar-refractivity contribution in [2.24, 2.45) is 5.73 Å². The Kier molecular flexibility index (Phi) is 1.97. The molecular formula is C9H8F2N2O2. The van der Waals surface area contributed by atoms with Crippen LogP contribution in [0.5, 0.6) is 0 Å². The number of hydrogen-bond acceptors (Lipinski definition) is 3. The molecule has 0 heterocycles. The van der Waals surface area contributed by atoms with E-state index in [4.69, 9.17) is 5.73 Å². The number of rotatable bonds is 2. The molecule has 0 aromatic heterocycles. The number of nitro groups is 1. The quantitative estimate of drug-likeness (QED) is 0.603. The maximum Gasteiger partial charge on any atom is 0.277 e. The predicted molar refractivity (Wildman–Crippen MR) is 48.1 cm³/mol. The Morgan fingerprint density at radius 1 is 1.33 bits per heavy atom. The molecule has 1 aromatic rings. The van der Waals surface area contributed by atoms with E-state index in [9.17, 15) is 18.9 Å². The van der Waals surface area contributed by atoms with E-state index in [2.05, 4.69) is 0 Å². The van der Waals surface area contributed by atoms with E-state index in [1.54, 1.807) is 0 Å². The summed E-state index contributed by atoms with van der Waals surface area (Å²) in [6.07, 6.45) is 1.11. The average molecular weight is 214 g/mol. The number of nitrogens with two attached hydrogens (primary N) is 1. The van der Waals surface area contributed by atoms with Crippen LogP contribution in [0.2, 0.25) is 0 Å². The van der Waals surface area contributed by atoms with Crippen LogP contribution in [0.25, 0.3) is 0 Å². The monoisotopic (exact) mass is 214 g/mol. The second kappa shape index (κ2) is 2.96. The van der Waals surface area contributed by atoms with Crippen molar-refractivity contribution >= 4 is 5.69 Å². The van der Waals surface area contributed by atoms with Crippen molar-refractivity contribution in [2.45, 2.75) is 18.4 Å². The van der Waals surface area contributed by atoms with Gasteiger partial charge >= 0.3 is 0 Å². The first-order chi connectivity index (χ1) is 6.94. The van der Waals surface area contributed by atoms with Crippen molar-refractivity contribution in [3.05, 3.63) is 39.4 Å². The van der Waals surface area contributed by atoms with Gasteiger partial charge in [-0.1, -0.05) is 0 Å². The molecule has 1 fully saturated rings. The molecular weight excluding hydrogens is 206 g/mol. The van der Waals surface area contributed by atoms with Gasteiger partial charge in [0.2, 0.25) is 0 Å². The van der Waals surface area contributed by atoms with Crippen molar-refractivity contribution in [3.63, 3.8) is 0 Å². The summed E-state index contributed by atoms with van der Waals surface area (Å²) in [6, 6.07) is 1.40. The molecule has 1 aliphatic rings. The Hall–Kier alpha value is -1.56. The van der Waals surface area contributed by atoms with Crippen molar-refractivity contribution < 1.29 is 13.7 Å². The largest absolute Gasteiger partial charge is 0.321 e. The summed E-state index contributed by atoms with van der Waals surface area (Å²) in [6.45, 7) is 0. The second-order valence-electron chi connectivity index (χ2n) is 3.70. The van der Waals surface area contributed by atoms with Crippen molar-refractivity contribution in [2.75, 3.05) is 0 Å². The summed E-state index contributed by atoms with van der Waals surface area (Å²) in [5.41, 5.74) is 4.51. The van der Waals surface area contributed by atoms with Gasteiger partial charge in [0, 0.05) is 5.54 Å². The van der Waals surface area contributed by atoms with E-state index in [-0.39, 0.29) is 5.56 Å². The Labute approximate surface area is 83.8 Å². The van der Waals surface area contributed by atoms with Gasteiger partial charge in [0.25, 0.3) is 5.69 Å². The first-order valence-electron chi connectivity index (χ1n) is 4.37. The van der Waals surface area contributed by atoms with Crippen LogP contribution in [-0.4, -0.2) is 4.92 Å². The second-order valence-corrected chi connectivity index (χ2v) is 3.70. The Morgan fingerprint density at radius 3 is 2.33 bits per heavy atom. The maximum absolute atomic E-state index is 12.9. The lowest BCUT2D eigenvalue weighted by Gasteiger charge is -2.09. The van der Waals surface area contributed by atoms with Gasteiger partial charge in [0.15, 0.2) is 11.6 Å². The molecule has 1 aliphatic carbocycles. The minimum absolute atomic E-state index is 0.0754. The summed E-state index contributed by atoms with van der Waals surface area (Å²) in [7, 11) is 0. The minimum Gasteiger partial charge on any atom is -0.321 e. The summed E-state index contributed by atoms with van der Waals surface area (Å²) in [5, 5.41) is 10.6. The molecule has 0 radical (unpaired) electrons. The first-order valence-corrected chi connectivity index (χ1v) is 4.37. The van der Waals surface area contributed by atoms with E-state index >= 15 is 0 Å². The molecule has 0 aliphatic heterocycles. The zero-order valence-corrected chi connectivity index (χ0v) is 7.67. The van der Waals surface area contributed by atoms with Gasteiger partial charge in [-0.2, -0.15) is 0 Å². The van der Waals surface area contributed by atoms with E-state index in [1.165, 1.54) is 0 Å². The normalized spacial score (nSPS) is 17.5. The zero-order chi connectivity index (χ0) is 11.2. The fraction of sp³-hybridized carbons (Fsp3) is 0.333. The van der Waals surface area contributed by atoms with E-state index < -0.39 is 27.8 Å². The van der Waals surface area contributed by atoms with Crippen LogP contribution in [0.1, 0.15) is 18.4 Å². The molecule has 1 aromatic carbocycles. The Balaban J connectivity index is 2.61. The molecule has 80 valence electrons. The summed E-state index contributed by atoms with van der Waals surface area (Å²) in [4.78, 5) is 9.88. The number of nitrogens with zero attached hydrogens (tertiary/aromatic N) is 1. The van der Waals surface area contributed by atoms with Crippen molar-refractivity contribution in [1.82, 2.24) is 0 Å². The molecule has 6 heteroatoms. The fourth-order valence-corrected chi connectivity index (χ4v) is 1.49. The minimum atomic E-state index is -1.23. The van der Waals surface area contributed by atoms with Gasteiger partial charge in [-0.15, -0.1) is 0 Å². The van der Waals surface area contributed by atoms with Crippen molar-refractivity contribution in [3.8, 4) is 0 Å². The summed E-state index contributed by atoms with van der Waals surface area (Å²) < 4.78 is 25.7. The zero-order valence-electron chi connectivity index (χ0n) is 7.67. The lowest BCUT2D eigenvalue weighted by atomic mass is 10.0. The lowest BCUT2D eigenvalue weighted by Crippen LogP contribution is -2.20. The Bertz CT molecular complexity index is 444. The van der Waals surface area contributed by atoms with Crippen molar-refractivity contribution in [1.29, 1.82) is 0 Å². The maximum atomic E-state index is 12.9. The average Bonchev–Trinajstić information content (AvgIpc) is 2.88. The smallest absolute Gasteiger partial charge is 0.277 e. The SMILES string of the molecule is NC1(c2cc(F)c(F)cc2[N+](=O)[O-])CC1. The number of halogens is 2. The molecule has 15 heavy (non-hydrogen) atoms. The van der Waals surface area contributed by atoms with Gasteiger partial charge in [-0.25, -0.2) is 8.78 Å². The van der Waals surface area contributed by atoms with Gasteiger partial charge in [-0.05, 0) is 18.9 Å². The van der Waals surface area contributed by atoms with E-state index in [1.807, 2.05) is 0 Å². The van der Waals surface area contributed by atoms with Gasteiger partial charge in [-0.3, -0.25) is 10.1 Å². The third-order valence-corrected chi connectivity index (χ3v) is 2.56. The summed E-state index contributed by atoms with van der Waals surface area (Å²) >= 11 is 0. The first kappa shape index (κ1) is 9.97. The highest BCUT2D eigenvalue weighted by molar-refractivity contribution is 5.48. The lowest BCUT2D eigenvalue weighted by molar-refractivity contribution is -0.386. The van der Waals surface area contributed by atoms with Crippen LogP contribution in [0.3, 0.4) is 0 Å². The number of hydrogen-bond donors (Lipinski definition) is 1. The van der Waals surface area contributed by atoms with Crippen LogP contribution in [-0.2, 0) is 5.54 Å². The molecule has 0 amide bonds. The number of benzene rings is 1. The number of nitro benzene ring substituents is 1. The van der Waals surface area contributed by atoms with Crippen LogP contribution in [0, 0.1) is 21.7 Å². The molecule has 0 saturated heterocycles. The van der Waals surface area contributed by atoms with Crippen LogP contribution < -0.4 is 5.73 Å². The van der Waals surface area contributed by atoms with Gasteiger partial charge < -0.3 is 5.73 Å². The molecule has 4 nitrogen and oxygen atoms in total. The standard InChI is InChI=1S/C9H8F2N2O2/c10-6-3-5(9(12)1-2-9)8(13(14)15)4-7(6)11/h3-4H,1-2,12H2. The molecule has 0 unspecified atom stereocenters. The van der Waals surface area contributed by atoms with Gasteiger partial charge in [0.1, 0.15) is 0 Å². The summed E-state index contributed by atoms with van der Waals surface area (Å²) in [5.74, 6) is -2.33. The third-order valence-electron chi connectivity index (χ3n) is 2.56. The van der Waals surface area contributed by atoms with E-state index in [0.717, 1.165) is 6.07 Å². The molecule has 2 rings (SSSR count). The van der Waals surface area contributed by atoms with Gasteiger partial charge in [0.05, 0.1) is 16.6 Å².